The first-order chi connectivity index (χ1) is 16.7. The normalized spacial score (nSPS) is 12.5. The van der Waals surface area contributed by atoms with Gasteiger partial charge >= 0.3 is 0 Å². The van der Waals surface area contributed by atoms with E-state index < -0.39 is 0 Å². The molecule has 0 N–H and O–H groups in total. The van der Waals surface area contributed by atoms with Gasteiger partial charge in [0.2, 0.25) is 11.5 Å². The van der Waals surface area contributed by atoms with Gasteiger partial charge in [-0.15, -0.1) is 0 Å². The van der Waals surface area contributed by atoms with Gasteiger partial charge in [-0.2, -0.15) is 0 Å². The van der Waals surface area contributed by atoms with Gasteiger partial charge in [-0.25, -0.2) is 0 Å². The maximum atomic E-state index is 5.71. The summed E-state index contributed by atoms with van der Waals surface area (Å²) < 4.78 is 22.5. The van der Waals surface area contributed by atoms with Gasteiger partial charge in [-0.05, 0) is 86.5 Å². The lowest BCUT2D eigenvalue weighted by molar-refractivity contribution is 0.302. The minimum Gasteiger partial charge on any atom is -0.492 e. The second kappa shape index (κ2) is 16.1. The van der Waals surface area contributed by atoms with Crippen LogP contribution in [0.3, 0.4) is 0 Å². The molecule has 0 amide bonds. The van der Waals surface area contributed by atoms with Crippen LogP contribution in [0.25, 0.3) is 0 Å². The molecule has 0 bridgehead atoms. The number of methoxy groups -OCH3 is 4. The van der Waals surface area contributed by atoms with Gasteiger partial charge in [0.25, 0.3) is 0 Å². The quantitative estimate of drug-likeness (QED) is 0.233. The number of rotatable bonds is 15. The maximum Gasteiger partial charge on any atom is 0.207 e. The molecule has 1 aromatic carbocycles. The van der Waals surface area contributed by atoms with E-state index in [-0.39, 0.29) is 0 Å². The SMILES string of the molecule is COc1c(C)c(C/C=C(\C)CC/C=C(/C)CC/C=C(\C)CCC=C(C)C)c(OC)c(OC)c1OC. The van der Waals surface area contributed by atoms with Gasteiger partial charge < -0.3 is 18.9 Å². The lowest BCUT2D eigenvalue weighted by Crippen LogP contribution is -2.04. The van der Waals surface area contributed by atoms with Crippen molar-refractivity contribution in [3.05, 3.63) is 57.7 Å². The van der Waals surface area contributed by atoms with E-state index in [0.29, 0.717) is 23.0 Å². The maximum absolute atomic E-state index is 5.71. The largest absolute Gasteiger partial charge is 0.492 e. The van der Waals surface area contributed by atoms with E-state index in [1.54, 1.807) is 28.4 Å². The minimum atomic E-state index is 0.562. The highest BCUT2D eigenvalue weighted by Crippen LogP contribution is 2.49. The zero-order chi connectivity index (χ0) is 26.4. The molecule has 0 aliphatic rings. The number of hydrogen-bond acceptors (Lipinski definition) is 4. The van der Waals surface area contributed by atoms with Crippen LogP contribution in [0.5, 0.6) is 23.0 Å². The predicted molar refractivity (Wildman–Crippen MR) is 149 cm³/mol. The van der Waals surface area contributed by atoms with Crippen LogP contribution < -0.4 is 18.9 Å². The van der Waals surface area contributed by atoms with Gasteiger partial charge in [0.05, 0.1) is 28.4 Å². The highest BCUT2D eigenvalue weighted by molar-refractivity contribution is 5.67. The Hall–Kier alpha value is -2.62. The van der Waals surface area contributed by atoms with Crippen molar-refractivity contribution in [3.8, 4) is 23.0 Å². The molecule has 4 nitrogen and oxygen atoms in total. The zero-order valence-corrected chi connectivity index (χ0v) is 23.9. The van der Waals surface area contributed by atoms with Crippen LogP contribution in [0.15, 0.2) is 46.6 Å². The molecule has 196 valence electrons. The molecule has 0 fully saturated rings. The standard InChI is InChI=1S/C31H48O4/c1-22(2)14-11-15-23(3)16-12-17-24(4)18-13-19-25(5)20-21-27-26(6)28(32-7)30(34-9)31(35-10)29(27)33-8/h14,16,18,20H,11-13,15,17,19,21H2,1-10H3/b23-16+,24-18-,25-20+. The zero-order valence-electron chi connectivity index (χ0n) is 23.9. The van der Waals surface area contributed by atoms with Crippen LogP contribution in [0, 0.1) is 6.92 Å². The molecule has 0 heterocycles. The average molecular weight is 485 g/mol. The summed E-state index contributed by atoms with van der Waals surface area (Å²) >= 11 is 0. The summed E-state index contributed by atoms with van der Waals surface area (Å²) in [4.78, 5) is 0. The molecular weight excluding hydrogens is 436 g/mol. The Morgan fingerprint density at radius 3 is 1.37 bits per heavy atom. The van der Waals surface area contributed by atoms with Gasteiger partial charge in [0.15, 0.2) is 11.5 Å². The van der Waals surface area contributed by atoms with Gasteiger partial charge in [-0.3, -0.25) is 0 Å². The molecule has 0 unspecified atom stereocenters. The van der Waals surface area contributed by atoms with Crippen molar-refractivity contribution in [2.75, 3.05) is 28.4 Å². The first kappa shape index (κ1) is 30.4. The summed E-state index contributed by atoms with van der Waals surface area (Å²) in [5.74, 6) is 2.52. The Morgan fingerprint density at radius 2 is 0.943 bits per heavy atom. The summed E-state index contributed by atoms with van der Waals surface area (Å²) in [6, 6.07) is 0. The average Bonchev–Trinajstić information content (AvgIpc) is 2.81. The molecule has 35 heavy (non-hydrogen) atoms. The van der Waals surface area contributed by atoms with E-state index in [4.69, 9.17) is 18.9 Å². The fourth-order valence-electron chi connectivity index (χ4n) is 4.16. The van der Waals surface area contributed by atoms with Crippen LogP contribution in [0.4, 0.5) is 0 Å². The molecule has 4 heteroatoms. The van der Waals surface area contributed by atoms with Crippen LogP contribution in [-0.2, 0) is 6.42 Å². The van der Waals surface area contributed by atoms with E-state index in [9.17, 15) is 0 Å². The summed E-state index contributed by atoms with van der Waals surface area (Å²) in [6.07, 6.45) is 16.8. The van der Waals surface area contributed by atoms with Crippen LogP contribution in [0.1, 0.15) is 84.3 Å². The highest BCUT2D eigenvalue weighted by Gasteiger charge is 2.24. The molecule has 0 atom stereocenters. The van der Waals surface area contributed by atoms with Crippen molar-refractivity contribution < 1.29 is 18.9 Å². The second-order valence-electron chi connectivity index (χ2n) is 9.49. The van der Waals surface area contributed by atoms with E-state index in [2.05, 4.69) is 58.9 Å². The Bertz CT molecular complexity index is 928. The molecule has 0 spiro atoms. The number of ether oxygens (including phenoxy) is 4. The molecule has 0 aromatic heterocycles. The Kier molecular flexibility index (Phi) is 14.0. The fourth-order valence-corrected chi connectivity index (χ4v) is 4.16. The topological polar surface area (TPSA) is 36.9 Å². The van der Waals surface area contributed by atoms with Crippen LogP contribution in [0.2, 0.25) is 0 Å². The van der Waals surface area contributed by atoms with E-state index in [1.165, 1.54) is 22.3 Å². The molecule has 1 rings (SSSR count). The molecule has 0 aliphatic carbocycles. The third-order valence-electron chi connectivity index (χ3n) is 6.31. The van der Waals surface area contributed by atoms with Crippen LogP contribution in [-0.4, -0.2) is 28.4 Å². The number of allylic oxidation sites excluding steroid dienone is 8. The molecular formula is C31H48O4. The van der Waals surface area contributed by atoms with E-state index >= 15 is 0 Å². The summed E-state index contributed by atoms with van der Waals surface area (Å²) in [5, 5.41) is 0. The van der Waals surface area contributed by atoms with Crippen molar-refractivity contribution in [2.45, 2.75) is 86.5 Å². The number of benzene rings is 1. The Balaban J connectivity index is 2.74. The smallest absolute Gasteiger partial charge is 0.207 e. The molecule has 0 saturated carbocycles. The highest BCUT2D eigenvalue weighted by atomic mass is 16.5. The molecule has 1 aromatic rings. The lowest BCUT2D eigenvalue weighted by Gasteiger charge is -2.21. The summed E-state index contributed by atoms with van der Waals surface area (Å²) in [7, 11) is 6.55. The number of hydrogen-bond donors (Lipinski definition) is 0. The van der Waals surface area contributed by atoms with Crippen LogP contribution >= 0.6 is 0 Å². The van der Waals surface area contributed by atoms with Gasteiger partial charge in [0, 0.05) is 11.1 Å². The van der Waals surface area contributed by atoms with Crippen molar-refractivity contribution in [3.63, 3.8) is 0 Å². The van der Waals surface area contributed by atoms with Gasteiger partial charge in [-0.1, -0.05) is 46.6 Å². The lowest BCUT2D eigenvalue weighted by atomic mass is 9.99. The first-order valence-corrected chi connectivity index (χ1v) is 12.7. The van der Waals surface area contributed by atoms with Crippen molar-refractivity contribution in [1.82, 2.24) is 0 Å². The van der Waals surface area contributed by atoms with Crippen molar-refractivity contribution >= 4 is 0 Å². The Labute approximate surface area is 214 Å². The third kappa shape index (κ3) is 9.87. The minimum absolute atomic E-state index is 0.562. The molecule has 0 aliphatic heterocycles. The summed E-state index contributed by atoms with van der Waals surface area (Å²) in [6.45, 7) is 13.0. The van der Waals surface area contributed by atoms with E-state index in [0.717, 1.165) is 56.1 Å². The van der Waals surface area contributed by atoms with E-state index in [1.807, 2.05) is 6.92 Å². The first-order valence-electron chi connectivity index (χ1n) is 12.7. The molecule has 0 radical (unpaired) electrons. The fraction of sp³-hybridized carbons (Fsp3) is 0.548. The monoisotopic (exact) mass is 484 g/mol. The van der Waals surface area contributed by atoms with Gasteiger partial charge in [0.1, 0.15) is 0 Å². The third-order valence-corrected chi connectivity index (χ3v) is 6.31. The Morgan fingerprint density at radius 1 is 0.543 bits per heavy atom. The van der Waals surface area contributed by atoms with Crippen molar-refractivity contribution in [1.29, 1.82) is 0 Å². The summed E-state index contributed by atoms with van der Waals surface area (Å²) in [5.41, 5.74) is 7.78. The van der Waals surface area contributed by atoms with Crippen molar-refractivity contribution in [2.24, 2.45) is 0 Å². The second-order valence-corrected chi connectivity index (χ2v) is 9.49. The predicted octanol–water partition coefficient (Wildman–Crippen LogP) is 8.72. The molecule has 0 saturated heterocycles.